The zero-order chi connectivity index (χ0) is 18.0. The third-order valence-electron chi connectivity index (χ3n) is 4.04. The summed E-state index contributed by atoms with van der Waals surface area (Å²) >= 11 is 0. The first kappa shape index (κ1) is 17.0. The highest BCUT2D eigenvalue weighted by Crippen LogP contribution is 2.19. The van der Waals surface area contributed by atoms with Crippen molar-refractivity contribution < 1.29 is 14.3 Å². The Hall–Kier alpha value is -2.80. The van der Waals surface area contributed by atoms with E-state index in [1.165, 1.54) is 24.3 Å². The second kappa shape index (κ2) is 6.98. The van der Waals surface area contributed by atoms with E-state index in [4.69, 9.17) is 0 Å². The summed E-state index contributed by atoms with van der Waals surface area (Å²) in [7, 11) is 0. The van der Waals surface area contributed by atoms with Crippen LogP contribution >= 0.6 is 0 Å². The summed E-state index contributed by atoms with van der Waals surface area (Å²) in [6.07, 6.45) is 1.23. The van der Waals surface area contributed by atoms with Gasteiger partial charge < -0.3 is 10.4 Å². The number of fused-ring (bicyclic) bond motifs is 1. The third kappa shape index (κ3) is 3.83. The number of rotatable bonds is 5. The molecule has 2 atom stereocenters. The van der Waals surface area contributed by atoms with E-state index in [1.807, 2.05) is 13.8 Å². The Labute approximate surface area is 144 Å². The van der Waals surface area contributed by atoms with Crippen LogP contribution in [0.2, 0.25) is 0 Å². The summed E-state index contributed by atoms with van der Waals surface area (Å²) < 4.78 is 14.7. The lowest BCUT2D eigenvalue weighted by molar-refractivity contribution is 0.0916. The summed E-state index contributed by atoms with van der Waals surface area (Å²) in [5.74, 6) is 0.107. The van der Waals surface area contributed by atoms with Gasteiger partial charge in [-0.3, -0.25) is 9.20 Å². The number of halogens is 1. The van der Waals surface area contributed by atoms with Gasteiger partial charge >= 0.3 is 0 Å². The van der Waals surface area contributed by atoms with E-state index < -0.39 is 6.10 Å². The number of carbonyl (C=O) groups is 1. The molecule has 0 aliphatic heterocycles. The highest BCUT2D eigenvalue weighted by atomic mass is 19.1. The zero-order valence-electron chi connectivity index (χ0n) is 14.0. The van der Waals surface area contributed by atoms with Crippen molar-refractivity contribution >= 4 is 11.6 Å². The first-order chi connectivity index (χ1) is 11.9. The molecule has 0 saturated carbocycles. The maximum Gasteiger partial charge on any atom is 0.252 e. The number of aromatic nitrogens is 3. The van der Waals surface area contributed by atoms with Crippen molar-refractivity contribution in [2.75, 3.05) is 0 Å². The quantitative estimate of drug-likeness (QED) is 0.746. The van der Waals surface area contributed by atoms with Crippen LogP contribution < -0.4 is 5.32 Å². The van der Waals surface area contributed by atoms with Crippen molar-refractivity contribution in [3.8, 4) is 0 Å². The van der Waals surface area contributed by atoms with Crippen molar-refractivity contribution in [3.05, 3.63) is 65.4 Å². The Balaban J connectivity index is 1.64. The van der Waals surface area contributed by atoms with Crippen LogP contribution in [0, 0.1) is 12.7 Å². The van der Waals surface area contributed by atoms with Gasteiger partial charge in [0, 0.05) is 12.2 Å². The average Bonchev–Trinajstić information content (AvgIpc) is 2.96. The van der Waals surface area contributed by atoms with E-state index in [2.05, 4.69) is 15.5 Å². The number of aliphatic hydroxyl groups is 1. The summed E-state index contributed by atoms with van der Waals surface area (Å²) in [5, 5.41) is 21.0. The fourth-order valence-corrected chi connectivity index (χ4v) is 2.66. The number of carbonyl (C=O) groups excluding carboxylic acids is 1. The molecule has 3 rings (SSSR count). The van der Waals surface area contributed by atoms with Crippen molar-refractivity contribution in [1.82, 2.24) is 19.9 Å². The van der Waals surface area contributed by atoms with Crippen LogP contribution in [0.15, 0.2) is 42.6 Å². The third-order valence-corrected chi connectivity index (χ3v) is 4.04. The van der Waals surface area contributed by atoms with Gasteiger partial charge in [-0.2, -0.15) is 0 Å². The lowest BCUT2D eigenvalue weighted by atomic mass is 10.0. The van der Waals surface area contributed by atoms with Crippen LogP contribution in [-0.2, 0) is 0 Å². The molecule has 2 heterocycles. The van der Waals surface area contributed by atoms with Gasteiger partial charge in [-0.1, -0.05) is 12.1 Å². The topological polar surface area (TPSA) is 79.5 Å². The summed E-state index contributed by atoms with van der Waals surface area (Å²) in [6.45, 7) is 3.62. The number of hydrogen-bond acceptors (Lipinski definition) is 4. The first-order valence-electron chi connectivity index (χ1n) is 8.00. The average molecular weight is 342 g/mol. The SMILES string of the molecule is Cc1nnc2ccc(C(=O)NC(C)CC(O)c3ccc(F)cc3)cn12. The molecule has 3 aromatic rings. The van der Waals surface area contributed by atoms with E-state index in [0.717, 1.165) is 0 Å². The Bertz CT molecular complexity index is 892. The molecule has 0 aliphatic carbocycles. The number of amides is 1. The van der Waals surface area contributed by atoms with E-state index in [9.17, 15) is 14.3 Å². The van der Waals surface area contributed by atoms with Crippen molar-refractivity contribution in [3.63, 3.8) is 0 Å². The Kier molecular flexibility index (Phi) is 4.76. The molecule has 1 aromatic carbocycles. The fourth-order valence-electron chi connectivity index (χ4n) is 2.66. The van der Waals surface area contributed by atoms with E-state index in [0.29, 0.717) is 29.0 Å². The maximum atomic E-state index is 12.9. The largest absolute Gasteiger partial charge is 0.388 e. The number of pyridine rings is 1. The molecule has 0 spiro atoms. The van der Waals surface area contributed by atoms with Gasteiger partial charge in [0.05, 0.1) is 11.7 Å². The second-order valence-corrected chi connectivity index (χ2v) is 6.07. The van der Waals surface area contributed by atoms with E-state index in [-0.39, 0.29) is 17.8 Å². The molecule has 1 amide bonds. The van der Waals surface area contributed by atoms with Gasteiger partial charge in [-0.25, -0.2) is 4.39 Å². The number of aliphatic hydroxyl groups excluding tert-OH is 1. The Morgan fingerprint density at radius 1 is 1.24 bits per heavy atom. The molecule has 0 saturated heterocycles. The van der Waals surface area contributed by atoms with Gasteiger partial charge in [0.25, 0.3) is 5.91 Å². The highest BCUT2D eigenvalue weighted by Gasteiger charge is 2.16. The van der Waals surface area contributed by atoms with Gasteiger partial charge in [0.1, 0.15) is 11.6 Å². The predicted octanol–water partition coefficient (Wildman–Crippen LogP) is 2.42. The smallest absolute Gasteiger partial charge is 0.252 e. The molecule has 0 fully saturated rings. The predicted molar refractivity (Wildman–Crippen MR) is 90.6 cm³/mol. The van der Waals surface area contributed by atoms with Crippen molar-refractivity contribution in [1.29, 1.82) is 0 Å². The normalized spacial score (nSPS) is 13.6. The molecule has 0 bridgehead atoms. The molecular weight excluding hydrogens is 323 g/mol. The fraction of sp³-hybridized carbons (Fsp3) is 0.278. The molecule has 2 unspecified atom stereocenters. The molecule has 0 aliphatic rings. The number of aryl methyl sites for hydroxylation is 1. The number of nitrogens with one attached hydrogen (secondary N) is 1. The van der Waals surface area contributed by atoms with Crippen LogP contribution in [0.25, 0.3) is 5.65 Å². The standard InChI is InChI=1S/C18H19FN4O2/c1-11(9-16(24)13-3-6-15(19)7-4-13)20-18(25)14-5-8-17-22-21-12(2)23(17)10-14/h3-8,10-11,16,24H,9H2,1-2H3,(H,20,25). The zero-order valence-corrected chi connectivity index (χ0v) is 14.0. The molecule has 130 valence electrons. The minimum Gasteiger partial charge on any atom is -0.388 e. The first-order valence-corrected chi connectivity index (χ1v) is 8.00. The molecule has 2 N–H and O–H groups in total. The van der Waals surface area contributed by atoms with Crippen LogP contribution in [0.5, 0.6) is 0 Å². The van der Waals surface area contributed by atoms with Gasteiger partial charge in [-0.15, -0.1) is 10.2 Å². The second-order valence-electron chi connectivity index (χ2n) is 6.07. The summed E-state index contributed by atoms with van der Waals surface area (Å²) in [6, 6.07) is 8.84. The van der Waals surface area contributed by atoms with Gasteiger partial charge in [0.2, 0.25) is 0 Å². The number of benzene rings is 1. The lowest BCUT2D eigenvalue weighted by Crippen LogP contribution is -2.33. The molecule has 2 aromatic heterocycles. The van der Waals surface area contributed by atoms with Gasteiger partial charge in [-0.05, 0) is 50.1 Å². The molecule has 25 heavy (non-hydrogen) atoms. The van der Waals surface area contributed by atoms with Crippen LogP contribution in [0.4, 0.5) is 4.39 Å². The molecule has 6 nitrogen and oxygen atoms in total. The highest BCUT2D eigenvalue weighted by molar-refractivity contribution is 5.94. The van der Waals surface area contributed by atoms with Gasteiger partial charge in [0.15, 0.2) is 5.65 Å². The number of hydrogen-bond donors (Lipinski definition) is 2. The van der Waals surface area contributed by atoms with Crippen molar-refractivity contribution in [2.24, 2.45) is 0 Å². The molecule has 7 heteroatoms. The molecular formula is C18H19FN4O2. The minimum absolute atomic E-state index is 0.242. The van der Waals surface area contributed by atoms with Crippen LogP contribution in [0.1, 0.15) is 41.2 Å². The Morgan fingerprint density at radius 3 is 2.68 bits per heavy atom. The monoisotopic (exact) mass is 342 g/mol. The van der Waals surface area contributed by atoms with E-state index >= 15 is 0 Å². The lowest BCUT2D eigenvalue weighted by Gasteiger charge is -2.18. The van der Waals surface area contributed by atoms with Crippen molar-refractivity contribution in [2.45, 2.75) is 32.4 Å². The van der Waals surface area contributed by atoms with Crippen LogP contribution in [-0.4, -0.2) is 31.7 Å². The maximum absolute atomic E-state index is 12.9. The summed E-state index contributed by atoms with van der Waals surface area (Å²) in [5.41, 5.74) is 1.77. The number of nitrogens with zero attached hydrogens (tertiary/aromatic N) is 3. The Morgan fingerprint density at radius 2 is 1.96 bits per heavy atom. The minimum atomic E-state index is -0.779. The molecule has 0 radical (unpaired) electrons. The van der Waals surface area contributed by atoms with Crippen LogP contribution in [0.3, 0.4) is 0 Å². The summed E-state index contributed by atoms with van der Waals surface area (Å²) in [4.78, 5) is 12.4. The van der Waals surface area contributed by atoms with E-state index in [1.54, 1.807) is 22.7 Å².